The van der Waals surface area contributed by atoms with Crippen LogP contribution in [0.15, 0.2) is 109 Å². The first-order chi connectivity index (χ1) is 16.2. The van der Waals surface area contributed by atoms with E-state index in [1.54, 1.807) is 54.6 Å². The number of benzene rings is 4. The van der Waals surface area contributed by atoms with Crippen molar-refractivity contribution in [3.8, 4) is 5.75 Å². The average Bonchev–Trinajstić information content (AvgIpc) is 2.86. The fraction of sp³-hybridized carbons (Fsp3) is 0.0714. The SMILES string of the molecule is O=C(Nc1cccc(NC(=O)c2ccccc2OCCc2ccccc2)c1)c1ccccc1. The zero-order valence-corrected chi connectivity index (χ0v) is 18.0. The fourth-order valence-corrected chi connectivity index (χ4v) is 3.37. The summed E-state index contributed by atoms with van der Waals surface area (Å²) in [5.74, 6) is 0.0348. The number of hydrogen-bond donors (Lipinski definition) is 2. The maximum atomic E-state index is 12.9. The van der Waals surface area contributed by atoms with Gasteiger partial charge < -0.3 is 15.4 Å². The van der Waals surface area contributed by atoms with E-state index >= 15 is 0 Å². The quantitative estimate of drug-likeness (QED) is 0.366. The molecule has 0 saturated carbocycles. The van der Waals surface area contributed by atoms with Gasteiger partial charge in [0.15, 0.2) is 0 Å². The average molecular weight is 437 g/mol. The van der Waals surface area contributed by atoms with E-state index in [1.807, 2.05) is 54.6 Å². The van der Waals surface area contributed by atoms with Crippen molar-refractivity contribution in [1.29, 1.82) is 0 Å². The Hall–Kier alpha value is -4.38. The molecule has 0 radical (unpaired) electrons. The Morgan fingerprint density at radius 2 is 1.24 bits per heavy atom. The molecule has 4 aromatic carbocycles. The predicted octanol–water partition coefficient (Wildman–Crippen LogP) is 5.81. The number of amides is 2. The molecule has 0 atom stereocenters. The van der Waals surface area contributed by atoms with Crippen molar-refractivity contribution >= 4 is 23.2 Å². The monoisotopic (exact) mass is 436 g/mol. The van der Waals surface area contributed by atoms with Gasteiger partial charge in [0, 0.05) is 23.4 Å². The summed E-state index contributed by atoms with van der Waals surface area (Å²) >= 11 is 0. The van der Waals surface area contributed by atoms with Crippen molar-refractivity contribution in [2.45, 2.75) is 6.42 Å². The summed E-state index contributed by atoms with van der Waals surface area (Å²) in [5.41, 5.74) is 3.35. The van der Waals surface area contributed by atoms with Crippen LogP contribution in [0.5, 0.6) is 5.75 Å². The van der Waals surface area contributed by atoms with Crippen LogP contribution >= 0.6 is 0 Å². The van der Waals surface area contributed by atoms with E-state index in [4.69, 9.17) is 4.74 Å². The van der Waals surface area contributed by atoms with Crippen LogP contribution in [0, 0.1) is 0 Å². The molecule has 0 spiro atoms. The van der Waals surface area contributed by atoms with Gasteiger partial charge in [-0.3, -0.25) is 9.59 Å². The third kappa shape index (κ3) is 6.08. The van der Waals surface area contributed by atoms with Gasteiger partial charge in [-0.05, 0) is 48.0 Å². The molecule has 33 heavy (non-hydrogen) atoms. The molecular formula is C28H24N2O3. The van der Waals surface area contributed by atoms with E-state index in [-0.39, 0.29) is 11.8 Å². The first kappa shape index (κ1) is 21.8. The Balaban J connectivity index is 1.40. The minimum Gasteiger partial charge on any atom is -0.492 e. The Bertz CT molecular complexity index is 1220. The summed E-state index contributed by atoms with van der Waals surface area (Å²) in [5, 5.41) is 5.74. The molecule has 2 amide bonds. The first-order valence-corrected chi connectivity index (χ1v) is 10.7. The van der Waals surface area contributed by atoms with E-state index in [1.165, 1.54) is 5.56 Å². The zero-order valence-electron chi connectivity index (χ0n) is 18.0. The second-order valence-corrected chi connectivity index (χ2v) is 7.44. The second kappa shape index (κ2) is 10.8. The van der Waals surface area contributed by atoms with Crippen LogP contribution in [0.3, 0.4) is 0 Å². The highest BCUT2D eigenvalue weighted by Gasteiger charge is 2.13. The summed E-state index contributed by atoms with van der Waals surface area (Å²) in [7, 11) is 0. The van der Waals surface area contributed by atoms with Gasteiger partial charge in [-0.15, -0.1) is 0 Å². The van der Waals surface area contributed by atoms with Crippen LogP contribution < -0.4 is 15.4 Å². The molecule has 0 saturated heterocycles. The molecule has 0 heterocycles. The number of para-hydroxylation sites is 1. The number of carbonyl (C=O) groups excluding carboxylic acids is 2. The summed E-state index contributed by atoms with van der Waals surface area (Å²) in [6, 6.07) is 33.2. The van der Waals surface area contributed by atoms with Gasteiger partial charge in [0.1, 0.15) is 5.75 Å². The molecule has 4 aromatic rings. The minimum absolute atomic E-state index is 0.212. The molecule has 0 aliphatic rings. The molecule has 0 aliphatic heterocycles. The number of anilines is 2. The van der Waals surface area contributed by atoms with Crippen LogP contribution in [0.25, 0.3) is 0 Å². The van der Waals surface area contributed by atoms with E-state index in [0.717, 1.165) is 6.42 Å². The Kier molecular flexibility index (Phi) is 7.13. The molecular weight excluding hydrogens is 412 g/mol. The maximum Gasteiger partial charge on any atom is 0.259 e. The van der Waals surface area contributed by atoms with Gasteiger partial charge in [0.05, 0.1) is 12.2 Å². The van der Waals surface area contributed by atoms with Crippen LogP contribution in [-0.2, 0) is 6.42 Å². The molecule has 0 aliphatic carbocycles. The highest BCUT2D eigenvalue weighted by atomic mass is 16.5. The van der Waals surface area contributed by atoms with Gasteiger partial charge in [-0.2, -0.15) is 0 Å². The van der Waals surface area contributed by atoms with Gasteiger partial charge in [-0.25, -0.2) is 0 Å². The smallest absolute Gasteiger partial charge is 0.259 e. The Labute approximate surface area is 193 Å². The third-order valence-electron chi connectivity index (χ3n) is 5.04. The molecule has 0 fully saturated rings. The number of hydrogen-bond acceptors (Lipinski definition) is 3. The van der Waals surface area contributed by atoms with Crippen molar-refractivity contribution in [1.82, 2.24) is 0 Å². The summed E-state index contributed by atoms with van der Waals surface area (Å²) in [6.07, 6.45) is 0.750. The van der Waals surface area contributed by atoms with Crippen molar-refractivity contribution in [3.63, 3.8) is 0 Å². The third-order valence-corrected chi connectivity index (χ3v) is 5.04. The largest absolute Gasteiger partial charge is 0.492 e. The van der Waals surface area contributed by atoms with E-state index < -0.39 is 0 Å². The van der Waals surface area contributed by atoms with Gasteiger partial charge in [-0.1, -0.05) is 66.7 Å². The molecule has 4 rings (SSSR count). The highest BCUT2D eigenvalue weighted by Crippen LogP contribution is 2.22. The summed E-state index contributed by atoms with van der Waals surface area (Å²) in [6.45, 7) is 0.468. The van der Waals surface area contributed by atoms with Gasteiger partial charge >= 0.3 is 0 Å². The topological polar surface area (TPSA) is 67.4 Å². The Morgan fingerprint density at radius 1 is 0.636 bits per heavy atom. The lowest BCUT2D eigenvalue weighted by Crippen LogP contribution is -2.15. The fourth-order valence-electron chi connectivity index (χ4n) is 3.37. The molecule has 5 heteroatoms. The lowest BCUT2D eigenvalue weighted by molar-refractivity contribution is 0.101. The molecule has 0 bridgehead atoms. The zero-order chi connectivity index (χ0) is 22.9. The first-order valence-electron chi connectivity index (χ1n) is 10.7. The number of rotatable bonds is 8. The van der Waals surface area contributed by atoms with Crippen LogP contribution in [0.2, 0.25) is 0 Å². The molecule has 5 nitrogen and oxygen atoms in total. The predicted molar refractivity (Wildman–Crippen MR) is 131 cm³/mol. The molecule has 2 N–H and O–H groups in total. The van der Waals surface area contributed by atoms with Crippen LogP contribution in [-0.4, -0.2) is 18.4 Å². The van der Waals surface area contributed by atoms with Crippen molar-refractivity contribution < 1.29 is 14.3 Å². The highest BCUT2D eigenvalue weighted by molar-refractivity contribution is 6.07. The Morgan fingerprint density at radius 3 is 1.97 bits per heavy atom. The summed E-state index contributed by atoms with van der Waals surface area (Å²) < 4.78 is 5.91. The standard InChI is InChI=1S/C28H24N2O3/c31-27(22-12-5-2-6-13-22)29-23-14-9-15-24(20-23)30-28(32)25-16-7-8-17-26(25)33-19-18-21-10-3-1-4-11-21/h1-17,20H,18-19H2,(H,29,31)(H,30,32). The lowest BCUT2D eigenvalue weighted by Gasteiger charge is -2.13. The normalized spacial score (nSPS) is 10.3. The van der Waals surface area contributed by atoms with E-state index in [0.29, 0.717) is 34.9 Å². The number of ether oxygens (including phenoxy) is 1. The van der Waals surface area contributed by atoms with Crippen molar-refractivity contribution in [2.75, 3.05) is 17.2 Å². The van der Waals surface area contributed by atoms with Gasteiger partial charge in [0.2, 0.25) is 0 Å². The second-order valence-electron chi connectivity index (χ2n) is 7.44. The number of carbonyl (C=O) groups is 2. The van der Waals surface area contributed by atoms with Crippen molar-refractivity contribution in [3.05, 3.63) is 126 Å². The molecule has 0 aromatic heterocycles. The molecule has 164 valence electrons. The van der Waals surface area contributed by atoms with Crippen molar-refractivity contribution in [2.24, 2.45) is 0 Å². The summed E-state index contributed by atoms with van der Waals surface area (Å²) in [4.78, 5) is 25.3. The minimum atomic E-state index is -0.281. The van der Waals surface area contributed by atoms with Crippen LogP contribution in [0.1, 0.15) is 26.3 Å². The number of nitrogens with one attached hydrogen (secondary N) is 2. The van der Waals surface area contributed by atoms with Crippen LogP contribution in [0.4, 0.5) is 11.4 Å². The van der Waals surface area contributed by atoms with Gasteiger partial charge in [0.25, 0.3) is 11.8 Å². The molecule has 0 unspecified atom stereocenters. The lowest BCUT2D eigenvalue weighted by atomic mass is 10.1. The maximum absolute atomic E-state index is 12.9. The van der Waals surface area contributed by atoms with E-state index in [9.17, 15) is 9.59 Å². The van der Waals surface area contributed by atoms with E-state index in [2.05, 4.69) is 10.6 Å².